The Balaban J connectivity index is 0.000000222. The minimum Gasteiger partial charge on any atom is -0.483 e. The van der Waals surface area contributed by atoms with E-state index in [0.717, 1.165) is 0 Å². The molecule has 3 heterocycles. The molecule has 6 aliphatic carbocycles. The standard InChI is InChI=1S/C48H61NO12.C38H45NO12.CH2O2/c1-26-23-33-47(25-56-33,59-29(4)50)37-39(58-40(52)31-21-17-14-18-22-31)48(55)24-32(27(2)34(44(48,8)9)28(3)38(51)46(26,37)12)57-41(53)36-35(30-19-15-13-16-20-30)49(45(10,11)60-36)42(54)61-43(5,6)7;1-19-23(49-34(46)29(43)27(39)21-12-8-6-9-13-21)17-38(47)32(50-33(45)22-14-10-7-11-15-22)30-36(5,31(44)28(42)26(19)35(38,3)4)24(41)16-25-37(30,18-48-25)51-20(2)40;2-1-3/h13-22,26,28,32-33,35-37,39,55H,23-25H2,1-12H3;6-15,23-25,27-30,32,41-43,47H,16-18,39H2,1-5H3;1H,(H,2,3)/t26-,28+,32-,33+,35+,36+,37?,39-,46+,47-,48+;23-,24-,25+,27-,28+,29+,30?,32-,36+,37-,38+;/m00./s1. The molecular weight excluding hydrogens is 1490 g/mol. The number of carboxylic acid groups (broad SMARTS) is 1. The number of hydrogen-bond donors (Lipinski definition) is 7. The third-order valence-electron chi connectivity index (χ3n) is 26.4. The van der Waals surface area contributed by atoms with E-state index in [9.17, 15) is 63.9 Å². The van der Waals surface area contributed by atoms with Gasteiger partial charge in [0.25, 0.3) is 6.47 Å². The number of amides is 1. The number of carbonyl (C=O) groups excluding carboxylic acids is 9. The monoisotopic (exact) mass is 1600 g/mol. The van der Waals surface area contributed by atoms with Gasteiger partial charge in [-0.1, -0.05) is 146 Å². The van der Waals surface area contributed by atoms with Gasteiger partial charge in [0, 0.05) is 55.3 Å². The smallest absolute Gasteiger partial charge is 0.413 e. The predicted octanol–water partition coefficient (Wildman–Crippen LogP) is 8.69. The average Bonchev–Trinajstić information content (AvgIpc) is 1.01. The molecule has 3 saturated heterocycles. The SMILES string of the molecule is CC(=O)O[C@@]12CO[C@@H]1C[C@H](C)[C@@]1(C)C(=O)[C@H](C)C3=C(C)[C@@H](OC(=O)[C@@H]4OC(C)(C)N(C(=O)OC(C)(C)C)[C@@H]4c4ccccc4)C[C@@](O)([C@@H](OC(=O)c4ccccc4)C12)C3(C)C.CC(=O)O[C@@]12CO[C@@H]1C[C@H](O)[C@@]1(C)C(=O)[C@H](O)C3=C(C)[C@@H](OC(=O)[C@H](O)[C@@H](N)c4ccccc4)C[C@@](O)([C@@H](OC(=O)c4ccccc4)C12)C3(C)C.O=CO. The number of aliphatic hydroxyl groups excluding tert-OH is 3. The summed E-state index contributed by atoms with van der Waals surface area (Å²) in [5, 5.41) is 68.7. The van der Waals surface area contributed by atoms with Gasteiger partial charge in [-0.3, -0.25) is 28.9 Å². The number of nitrogens with two attached hydrogens (primary N) is 1. The number of ketones is 2. The van der Waals surface area contributed by atoms with Crippen LogP contribution < -0.4 is 5.73 Å². The molecule has 7 fully saturated rings. The van der Waals surface area contributed by atoms with Gasteiger partial charge in [-0.2, -0.15) is 0 Å². The normalized spacial score (nSPS) is 35.6. The fourth-order valence-corrected chi connectivity index (χ4v) is 20.5. The molecule has 8 N–H and O–H groups in total. The number of rotatable bonds is 13. The Labute approximate surface area is 668 Å². The van der Waals surface area contributed by atoms with Gasteiger partial charge >= 0.3 is 41.9 Å². The van der Waals surface area contributed by atoms with Crippen LogP contribution >= 0.6 is 0 Å². The summed E-state index contributed by atoms with van der Waals surface area (Å²) in [6.07, 6.45) is -15.1. The van der Waals surface area contributed by atoms with Crippen molar-refractivity contribution in [1.82, 2.24) is 4.90 Å². The first-order chi connectivity index (χ1) is 53.6. The number of nitrogens with zero attached hydrogens (tertiary/aromatic N) is 1. The van der Waals surface area contributed by atoms with E-state index in [4.69, 9.17) is 63.0 Å². The molecule has 9 aliphatic rings. The lowest BCUT2D eigenvalue weighted by Gasteiger charge is -2.68. The highest BCUT2D eigenvalue weighted by molar-refractivity contribution is 5.95. The zero-order valence-electron chi connectivity index (χ0n) is 68.0. The molecule has 0 aromatic heterocycles. The lowest BCUT2D eigenvalue weighted by molar-refractivity contribution is -0.346. The van der Waals surface area contributed by atoms with Crippen LogP contribution in [0.3, 0.4) is 0 Å². The number of hydrogen-bond acceptors (Lipinski definition) is 26. The van der Waals surface area contributed by atoms with E-state index in [0.29, 0.717) is 28.7 Å². The van der Waals surface area contributed by atoms with Crippen LogP contribution in [-0.2, 0) is 80.9 Å². The fraction of sp³-hybridized carbons (Fsp3) is 0.563. The van der Waals surface area contributed by atoms with Crippen LogP contribution in [0.1, 0.15) is 187 Å². The summed E-state index contributed by atoms with van der Waals surface area (Å²) >= 11 is 0. The van der Waals surface area contributed by atoms with Gasteiger partial charge in [-0.05, 0) is 125 Å². The third-order valence-corrected chi connectivity index (χ3v) is 26.4. The molecule has 0 radical (unpaired) electrons. The number of fused-ring (bicyclic) bond motifs is 10. The lowest BCUT2D eigenvalue weighted by Crippen LogP contribution is -2.81. The Morgan fingerprint density at radius 3 is 1.49 bits per heavy atom. The van der Waals surface area contributed by atoms with Crippen molar-refractivity contribution in [3.8, 4) is 0 Å². The first-order valence-electron chi connectivity index (χ1n) is 38.8. The molecule has 13 rings (SSSR count). The fourth-order valence-electron chi connectivity index (χ4n) is 20.5. The van der Waals surface area contributed by atoms with Crippen molar-refractivity contribution >= 4 is 59.9 Å². The van der Waals surface area contributed by atoms with E-state index in [-0.39, 0.29) is 66.5 Å². The first-order valence-corrected chi connectivity index (χ1v) is 38.8. The van der Waals surface area contributed by atoms with Gasteiger partial charge < -0.3 is 83.7 Å². The number of carbonyl (C=O) groups is 10. The van der Waals surface area contributed by atoms with Crippen molar-refractivity contribution in [3.63, 3.8) is 0 Å². The van der Waals surface area contributed by atoms with Crippen LogP contribution in [0.2, 0.25) is 0 Å². The van der Waals surface area contributed by atoms with Crippen molar-refractivity contribution < 1.29 is 126 Å². The molecule has 22 atom stereocenters. The molecule has 3 aliphatic heterocycles. The van der Waals surface area contributed by atoms with Crippen LogP contribution in [-0.4, -0.2) is 203 Å². The summed E-state index contributed by atoms with van der Waals surface area (Å²) in [6.45, 7) is 27.6. The number of ether oxygens (including phenoxy) is 10. The van der Waals surface area contributed by atoms with Crippen LogP contribution in [0, 0.1) is 45.3 Å². The Kier molecular flexibility index (Phi) is 23.7. The van der Waals surface area contributed by atoms with E-state index < -0.39 is 200 Å². The summed E-state index contributed by atoms with van der Waals surface area (Å²) in [4.78, 5) is 136. The van der Waals surface area contributed by atoms with Crippen molar-refractivity contribution in [2.45, 2.75) is 250 Å². The maximum absolute atomic E-state index is 15.5. The van der Waals surface area contributed by atoms with Gasteiger partial charge in [-0.25, -0.2) is 24.0 Å². The minimum atomic E-state index is -2.28. The summed E-state index contributed by atoms with van der Waals surface area (Å²) in [6, 6.07) is 31.6. The third kappa shape index (κ3) is 14.5. The second-order valence-corrected chi connectivity index (χ2v) is 35.1. The molecule has 28 heteroatoms. The highest BCUT2D eigenvalue weighted by Crippen LogP contribution is 2.68. The van der Waals surface area contributed by atoms with E-state index in [1.807, 2.05) is 33.8 Å². The molecule has 0 spiro atoms. The van der Waals surface area contributed by atoms with Crippen LogP contribution in [0.15, 0.2) is 144 Å². The molecule has 4 aromatic carbocycles. The second kappa shape index (κ2) is 31.4. The molecule has 115 heavy (non-hydrogen) atoms. The topological polar surface area (TPSA) is 414 Å². The highest BCUT2D eigenvalue weighted by Gasteiger charge is 2.80. The molecular formula is C87H108N2O26. The summed E-state index contributed by atoms with van der Waals surface area (Å²) in [7, 11) is 0. The zero-order chi connectivity index (χ0) is 84.8. The average molecular weight is 1600 g/mol. The number of esters is 6. The summed E-state index contributed by atoms with van der Waals surface area (Å²) in [5.41, 5.74) is -6.79. The van der Waals surface area contributed by atoms with E-state index in [1.165, 1.54) is 44.7 Å². The largest absolute Gasteiger partial charge is 0.483 e. The van der Waals surface area contributed by atoms with E-state index in [2.05, 4.69) is 0 Å². The summed E-state index contributed by atoms with van der Waals surface area (Å²) < 4.78 is 61.6. The molecule has 28 nitrogen and oxygen atoms in total. The van der Waals surface area contributed by atoms with Gasteiger partial charge in [0.2, 0.25) is 0 Å². The quantitative estimate of drug-likeness (QED) is 0.0285. The predicted molar refractivity (Wildman–Crippen MR) is 409 cm³/mol. The Bertz CT molecular complexity index is 4480. The zero-order valence-corrected chi connectivity index (χ0v) is 68.0. The Morgan fingerprint density at radius 1 is 0.609 bits per heavy atom. The molecule has 4 aromatic rings. The van der Waals surface area contributed by atoms with E-state index >= 15 is 4.79 Å². The lowest BCUT2D eigenvalue weighted by atomic mass is 9.42. The minimum absolute atomic E-state index is 0.0120. The van der Waals surface area contributed by atoms with Crippen molar-refractivity contribution in [2.75, 3.05) is 13.2 Å². The van der Waals surface area contributed by atoms with E-state index in [1.54, 1.807) is 165 Å². The maximum Gasteiger partial charge on any atom is 0.413 e. The van der Waals surface area contributed by atoms with Crippen LogP contribution in [0.25, 0.3) is 0 Å². The number of Topliss-reactive ketones (excluding diaryl/α,β-unsaturated/α-hetero) is 2. The van der Waals surface area contributed by atoms with Crippen LogP contribution in [0.5, 0.6) is 0 Å². The highest BCUT2D eigenvalue weighted by atomic mass is 16.7. The summed E-state index contributed by atoms with van der Waals surface area (Å²) in [5.74, 6) is -9.72. The number of aliphatic hydroxyl groups is 5. The van der Waals surface area contributed by atoms with Gasteiger partial charge in [0.05, 0.1) is 53.7 Å². The number of benzene rings is 4. The van der Waals surface area contributed by atoms with Gasteiger partial charge in [0.15, 0.2) is 29.2 Å². The van der Waals surface area contributed by atoms with Crippen molar-refractivity contribution in [2.24, 2.45) is 51.1 Å². The Hall–Kier alpha value is -9.10. The molecule has 622 valence electrons. The Morgan fingerprint density at radius 2 is 1.03 bits per heavy atom. The van der Waals surface area contributed by atoms with Gasteiger partial charge in [0.1, 0.15) is 77.1 Å². The molecule has 1 amide bonds. The molecule has 2 unspecified atom stereocenters. The van der Waals surface area contributed by atoms with Crippen molar-refractivity contribution in [3.05, 3.63) is 166 Å². The first kappa shape index (κ1) is 86.8. The van der Waals surface area contributed by atoms with Gasteiger partial charge in [-0.15, -0.1) is 0 Å². The maximum atomic E-state index is 15.5. The molecule has 4 saturated carbocycles. The molecule has 4 bridgehead atoms. The van der Waals surface area contributed by atoms with Crippen molar-refractivity contribution in [1.29, 1.82) is 0 Å². The van der Waals surface area contributed by atoms with Crippen LogP contribution in [0.4, 0.5) is 4.79 Å². The second-order valence-electron chi connectivity index (χ2n) is 35.1.